The van der Waals surface area contributed by atoms with E-state index < -0.39 is 0 Å². The average molecular weight is 340 g/mol. The highest BCUT2D eigenvalue weighted by molar-refractivity contribution is 6.12. The van der Waals surface area contributed by atoms with Crippen molar-refractivity contribution in [3.63, 3.8) is 0 Å². The molecule has 0 spiro atoms. The molecule has 0 bridgehead atoms. The maximum Gasteiger partial charge on any atom is 0.258 e. The third-order valence-corrected chi connectivity index (χ3v) is 4.31. The van der Waals surface area contributed by atoms with Gasteiger partial charge in [-0.15, -0.1) is 0 Å². The monoisotopic (exact) mass is 340 g/mol. The number of nitrogen functional groups attached to an aromatic ring is 1. The quantitative estimate of drug-likeness (QED) is 0.869. The number of rotatable bonds is 3. The lowest BCUT2D eigenvalue weighted by Crippen LogP contribution is -2.31. The first-order valence-electron chi connectivity index (χ1n) is 8.01. The summed E-state index contributed by atoms with van der Waals surface area (Å²) in [6, 6.07) is 10.1. The number of carbonyl (C=O) groups is 2. The number of fused-ring (bicyclic) bond motifs is 1. The molecular weight excluding hydrogens is 320 g/mol. The molecule has 1 aliphatic heterocycles. The Morgan fingerprint density at radius 3 is 2.64 bits per heavy atom. The van der Waals surface area contributed by atoms with Crippen LogP contribution in [0.3, 0.4) is 0 Å². The highest BCUT2D eigenvalue weighted by Crippen LogP contribution is 2.32. The van der Waals surface area contributed by atoms with E-state index in [1.165, 1.54) is 7.11 Å². The minimum atomic E-state index is -0.195. The van der Waals surface area contributed by atoms with Gasteiger partial charge in [-0.2, -0.15) is 0 Å². The normalized spacial score (nSPS) is 13.8. The van der Waals surface area contributed by atoms with E-state index in [1.807, 2.05) is 0 Å². The van der Waals surface area contributed by atoms with Crippen molar-refractivity contribution in [1.82, 2.24) is 0 Å². The van der Waals surface area contributed by atoms with Gasteiger partial charge in [0, 0.05) is 24.1 Å². The number of hydrogen-bond acceptors (Lipinski definition) is 5. The zero-order valence-corrected chi connectivity index (χ0v) is 14.2. The van der Waals surface area contributed by atoms with Crippen molar-refractivity contribution in [3.8, 4) is 11.5 Å². The average Bonchev–Trinajstić information content (AvgIpc) is 2.80. The third-order valence-electron chi connectivity index (χ3n) is 4.31. The van der Waals surface area contributed by atoms with Gasteiger partial charge in [-0.25, -0.2) is 0 Å². The molecule has 0 saturated heterocycles. The Hall–Kier alpha value is -3.02. The molecule has 0 saturated carbocycles. The highest BCUT2D eigenvalue weighted by Gasteiger charge is 2.26. The van der Waals surface area contributed by atoms with Gasteiger partial charge in [0.2, 0.25) is 0 Å². The van der Waals surface area contributed by atoms with Gasteiger partial charge in [0.25, 0.3) is 5.91 Å². The zero-order chi connectivity index (χ0) is 18.0. The molecule has 6 heteroatoms. The van der Waals surface area contributed by atoms with E-state index in [-0.39, 0.29) is 11.7 Å². The molecule has 6 nitrogen and oxygen atoms in total. The van der Waals surface area contributed by atoms with Crippen molar-refractivity contribution < 1.29 is 19.1 Å². The molecule has 2 aromatic carbocycles. The van der Waals surface area contributed by atoms with E-state index in [0.29, 0.717) is 53.4 Å². The highest BCUT2D eigenvalue weighted by atomic mass is 16.5. The second-order valence-corrected chi connectivity index (χ2v) is 5.82. The van der Waals surface area contributed by atoms with Crippen LogP contribution < -0.4 is 20.1 Å². The second kappa shape index (κ2) is 6.84. The molecule has 25 heavy (non-hydrogen) atoms. The number of benzene rings is 2. The van der Waals surface area contributed by atoms with Crippen LogP contribution in [0.15, 0.2) is 36.4 Å². The Morgan fingerprint density at radius 2 is 1.92 bits per heavy atom. The number of ketones is 1. The fourth-order valence-corrected chi connectivity index (χ4v) is 2.96. The van der Waals surface area contributed by atoms with Crippen molar-refractivity contribution in [1.29, 1.82) is 0 Å². The lowest BCUT2D eigenvalue weighted by Gasteiger charge is -2.23. The Morgan fingerprint density at radius 1 is 1.12 bits per heavy atom. The number of nitrogens with two attached hydrogens (primary N) is 1. The van der Waals surface area contributed by atoms with E-state index in [1.54, 1.807) is 48.4 Å². The van der Waals surface area contributed by atoms with Crippen LogP contribution in [0.1, 0.15) is 33.6 Å². The summed E-state index contributed by atoms with van der Waals surface area (Å²) in [4.78, 5) is 27.1. The summed E-state index contributed by atoms with van der Waals surface area (Å²) in [5, 5.41) is 0. The summed E-state index contributed by atoms with van der Waals surface area (Å²) >= 11 is 0. The number of nitrogens with zero attached hydrogens (tertiary/aromatic N) is 1. The number of methoxy groups -OCH3 is 2. The molecule has 0 atom stereocenters. The Labute approximate surface area is 146 Å². The molecule has 0 aliphatic carbocycles. The van der Waals surface area contributed by atoms with Crippen LogP contribution in [0.2, 0.25) is 0 Å². The van der Waals surface area contributed by atoms with E-state index in [2.05, 4.69) is 0 Å². The first-order chi connectivity index (χ1) is 12.0. The van der Waals surface area contributed by atoms with E-state index in [9.17, 15) is 9.59 Å². The lowest BCUT2D eigenvalue weighted by atomic mass is 10.1. The van der Waals surface area contributed by atoms with E-state index in [0.717, 1.165) is 0 Å². The van der Waals surface area contributed by atoms with Crippen LogP contribution in [0.25, 0.3) is 0 Å². The molecule has 3 rings (SSSR count). The van der Waals surface area contributed by atoms with Crippen LogP contribution in [0.5, 0.6) is 11.5 Å². The minimum Gasteiger partial charge on any atom is -0.497 e. The Balaban J connectivity index is 2.03. The number of hydrogen-bond donors (Lipinski definition) is 1. The summed E-state index contributed by atoms with van der Waals surface area (Å²) < 4.78 is 10.4. The van der Waals surface area contributed by atoms with Crippen molar-refractivity contribution in [2.24, 2.45) is 0 Å². The van der Waals surface area contributed by atoms with Crippen LogP contribution in [-0.2, 0) is 0 Å². The van der Waals surface area contributed by atoms with E-state index >= 15 is 0 Å². The molecular formula is C19H20N2O4. The summed E-state index contributed by atoms with van der Waals surface area (Å²) in [5.74, 6) is 0.862. The van der Waals surface area contributed by atoms with Crippen LogP contribution in [0.4, 0.5) is 11.4 Å². The zero-order valence-electron chi connectivity index (χ0n) is 14.2. The topological polar surface area (TPSA) is 81.9 Å². The number of carbonyl (C=O) groups excluding carboxylic acids is 2. The van der Waals surface area contributed by atoms with E-state index in [4.69, 9.17) is 15.2 Å². The maximum absolute atomic E-state index is 13.0. The summed E-state index contributed by atoms with van der Waals surface area (Å²) in [5.41, 5.74) is 7.86. The molecule has 1 aliphatic rings. The molecule has 0 unspecified atom stereocenters. The van der Waals surface area contributed by atoms with Gasteiger partial charge in [0.05, 0.1) is 25.6 Å². The smallest absolute Gasteiger partial charge is 0.258 e. The SMILES string of the molecule is COc1ccc2c(c1)C(=O)CCCN2C(=O)c1ccc(N)c(OC)c1. The van der Waals surface area contributed by atoms with Crippen molar-refractivity contribution >= 4 is 23.1 Å². The molecule has 130 valence electrons. The molecule has 1 heterocycles. The molecule has 2 aromatic rings. The Bertz CT molecular complexity index is 832. The fourth-order valence-electron chi connectivity index (χ4n) is 2.96. The Kier molecular flexibility index (Phi) is 4.61. The molecule has 0 radical (unpaired) electrons. The largest absolute Gasteiger partial charge is 0.497 e. The third kappa shape index (κ3) is 3.15. The second-order valence-electron chi connectivity index (χ2n) is 5.82. The molecule has 0 fully saturated rings. The van der Waals surface area contributed by atoms with Crippen molar-refractivity contribution in [3.05, 3.63) is 47.5 Å². The van der Waals surface area contributed by atoms with Gasteiger partial charge in [-0.05, 0) is 42.8 Å². The summed E-state index contributed by atoms with van der Waals surface area (Å²) in [6.45, 7) is 0.469. The number of Topliss-reactive ketones (excluding diaryl/α,β-unsaturated/α-hetero) is 1. The number of amides is 1. The fraction of sp³-hybridized carbons (Fsp3) is 0.263. The maximum atomic E-state index is 13.0. The van der Waals surface area contributed by atoms with Gasteiger partial charge < -0.3 is 20.1 Å². The first-order valence-corrected chi connectivity index (χ1v) is 8.01. The first kappa shape index (κ1) is 16.8. The number of ether oxygens (including phenoxy) is 2. The van der Waals surface area contributed by atoms with Crippen molar-refractivity contribution in [2.75, 3.05) is 31.4 Å². The molecule has 0 aromatic heterocycles. The molecule has 1 amide bonds. The van der Waals surface area contributed by atoms with Gasteiger partial charge in [0.15, 0.2) is 5.78 Å². The lowest BCUT2D eigenvalue weighted by molar-refractivity contribution is 0.0973. The number of anilines is 2. The van der Waals surface area contributed by atoms with Crippen LogP contribution in [-0.4, -0.2) is 32.5 Å². The van der Waals surface area contributed by atoms with Crippen LogP contribution in [0, 0.1) is 0 Å². The summed E-state index contributed by atoms with van der Waals surface area (Å²) in [7, 11) is 3.05. The van der Waals surface area contributed by atoms with Crippen LogP contribution >= 0.6 is 0 Å². The van der Waals surface area contributed by atoms with Gasteiger partial charge >= 0.3 is 0 Å². The molecule has 2 N–H and O–H groups in total. The van der Waals surface area contributed by atoms with Gasteiger partial charge in [-0.1, -0.05) is 0 Å². The minimum absolute atomic E-state index is 0.0130. The predicted molar refractivity (Wildman–Crippen MR) is 95.6 cm³/mol. The van der Waals surface area contributed by atoms with Gasteiger partial charge in [-0.3, -0.25) is 9.59 Å². The van der Waals surface area contributed by atoms with Gasteiger partial charge in [0.1, 0.15) is 11.5 Å². The summed E-state index contributed by atoms with van der Waals surface area (Å²) in [6.07, 6.45) is 1.00. The van der Waals surface area contributed by atoms with Crippen molar-refractivity contribution in [2.45, 2.75) is 12.8 Å². The standard InChI is InChI=1S/C19H20N2O4/c1-24-13-6-8-16-14(11-13)17(22)4-3-9-21(16)19(23)12-5-7-15(20)18(10-12)25-2/h5-8,10-11H,3-4,9,20H2,1-2H3. The predicted octanol–water partition coefficient (Wildman–Crippen LogP) is 2.91.